The fourth-order valence-corrected chi connectivity index (χ4v) is 1.33. The molecule has 0 saturated heterocycles. The summed E-state index contributed by atoms with van der Waals surface area (Å²) in [4.78, 5) is 0. The van der Waals surface area contributed by atoms with Gasteiger partial charge in [-0.05, 0) is 37.7 Å². The second-order valence-corrected chi connectivity index (χ2v) is 4.10. The molecule has 0 bridgehead atoms. The van der Waals surface area contributed by atoms with Crippen LogP contribution in [0.3, 0.4) is 0 Å². The number of rotatable bonds is 5. The van der Waals surface area contributed by atoms with Gasteiger partial charge in [-0.25, -0.2) is 0 Å². The molecule has 2 atom stereocenters. The zero-order chi connectivity index (χ0) is 11.3. The summed E-state index contributed by atoms with van der Waals surface area (Å²) in [5.74, 6) is 1.02. The van der Waals surface area contributed by atoms with Crippen LogP contribution in [-0.4, -0.2) is 5.71 Å². The Morgan fingerprint density at radius 2 is 1.93 bits per heavy atom. The summed E-state index contributed by atoms with van der Waals surface area (Å²) >= 11 is 0. The second kappa shape index (κ2) is 5.63. The Kier molecular flexibility index (Phi) is 5.21. The summed E-state index contributed by atoms with van der Waals surface area (Å²) in [5.41, 5.74) is 7.98. The monoisotopic (exact) mass is 194 g/mol. The quantitative estimate of drug-likeness (QED) is 0.513. The van der Waals surface area contributed by atoms with Crippen LogP contribution in [0, 0.1) is 17.2 Å². The molecule has 0 amide bonds. The van der Waals surface area contributed by atoms with Crippen LogP contribution in [0.4, 0.5) is 0 Å². The molecule has 0 radical (unpaired) electrons. The van der Waals surface area contributed by atoms with Gasteiger partial charge in [0.25, 0.3) is 0 Å². The highest BCUT2D eigenvalue weighted by Gasteiger charge is 2.11. The number of hydrogen-bond acceptors (Lipinski definition) is 2. The molecule has 0 aromatic heterocycles. The lowest BCUT2D eigenvalue weighted by Gasteiger charge is -2.17. The first-order chi connectivity index (χ1) is 6.40. The predicted molar refractivity (Wildman–Crippen MR) is 63.4 cm³/mol. The summed E-state index contributed by atoms with van der Waals surface area (Å²) in [7, 11) is 0. The van der Waals surface area contributed by atoms with Crippen molar-refractivity contribution in [2.45, 2.75) is 34.1 Å². The molecule has 2 nitrogen and oxygen atoms in total. The average Bonchev–Trinajstić information content (AvgIpc) is 2.14. The minimum absolute atomic E-state index is 0.459. The Hall–Kier alpha value is -1.05. The van der Waals surface area contributed by atoms with E-state index in [9.17, 15) is 0 Å². The van der Waals surface area contributed by atoms with E-state index in [2.05, 4.69) is 20.4 Å². The Balaban J connectivity index is 4.45. The van der Waals surface area contributed by atoms with Crippen molar-refractivity contribution in [3.05, 3.63) is 23.9 Å². The Morgan fingerprint density at radius 3 is 2.29 bits per heavy atom. The number of nitrogens with one attached hydrogen (secondary N) is 1. The van der Waals surface area contributed by atoms with Crippen LogP contribution >= 0.6 is 0 Å². The van der Waals surface area contributed by atoms with Crippen molar-refractivity contribution in [1.29, 1.82) is 5.41 Å². The van der Waals surface area contributed by atoms with E-state index in [1.54, 1.807) is 6.92 Å². The van der Waals surface area contributed by atoms with Gasteiger partial charge >= 0.3 is 0 Å². The van der Waals surface area contributed by atoms with E-state index >= 15 is 0 Å². The zero-order valence-corrected chi connectivity index (χ0v) is 9.72. The normalized spacial score (nSPS) is 16.9. The van der Waals surface area contributed by atoms with E-state index in [1.165, 1.54) is 0 Å². The van der Waals surface area contributed by atoms with Gasteiger partial charge in [0, 0.05) is 0 Å². The molecule has 0 aliphatic carbocycles. The Bertz CT molecular complexity index is 251. The van der Waals surface area contributed by atoms with Gasteiger partial charge in [0.1, 0.15) is 0 Å². The molecule has 0 aliphatic heterocycles. The Morgan fingerprint density at radius 1 is 1.43 bits per heavy atom. The number of nitrogens with two attached hydrogens (primary N) is 1. The van der Waals surface area contributed by atoms with Crippen molar-refractivity contribution in [1.82, 2.24) is 0 Å². The van der Waals surface area contributed by atoms with Crippen molar-refractivity contribution in [3.8, 4) is 0 Å². The SMILES string of the molecule is C=CC(C)C(C)C/C(C)=C(\N)C(C)=N. The summed E-state index contributed by atoms with van der Waals surface area (Å²) in [6, 6.07) is 0. The minimum Gasteiger partial charge on any atom is -0.397 e. The average molecular weight is 194 g/mol. The van der Waals surface area contributed by atoms with E-state index < -0.39 is 0 Å². The van der Waals surface area contributed by atoms with Crippen molar-refractivity contribution in [2.24, 2.45) is 17.6 Å². The molecular weight excluding hydrogens is 172 g/mol. The Labute approximate surface area is 87.4 Å². The highest BCUT2D eigenvalue weighted by Crippen LogP contribution is 2.21. The van der Waals surface area contributed by atoms with E-state index in [0.717, 1.165) is 12.0 Å². The summed E-state index contributed by atoms with van der Waals surface area (Å²) in [5, 5.41) is 7.42. The smallest absolute Gasteiger partial charge is 0.0511 e. The van der Waals surface area contributed by atoms with Gasteiger partial charge in [-0.3, -0.25) is 0 Å². The van der Waals surface area contributed by atoms with Crippen LogP contribution in [0.1, 0.15) is 34.1 Å². The molecule has 0 rings (SSSR count). The van der Waals surface area contributed by atoms with Gasteiger partial charge in [0.05, 0.1) is 11.4 Å². The first-order valence-electron chi connectivity index (χ1n) is 5.03. The topological polar surface area (TPSA) is 49.9 Å². The van der Waals surface area contributed by atoms with Crippen LogP contribution in [0.2, 0.25) is 0 Å². The molecule has 2 unspecified atom stereocenters. The van der Waals surface area contributed by atoms with Crippen LogP contribution in [0.25, 0.3) is 0 Å². The third kappa shape index (κ3) is 3.77. The molecule has 2 heteroatoms. The van der Waals surface area contributed by atoms with Gasteiger partial charge in [0.15, 0.2) is 0 Å². The summed E-state index contributed by atoms with van der Waals surface area (Å²) in [6.07, 6.45) is 2.90. The van der Waals surface area contributed by atoms with Gasteiger partial charge in [0.2, 0.25) is 0 Å². The third-order valence-electron chi connectivity index (χ3n) is 2.76. The maximum Gasteiger partial charge on any atom is 0.0511 e. The summed E-state index contributed by atoms with van der Waals surface area (Å²) in [6.45, 7) is 11.8. The standard InChI is InChI=1S/C12H22N2/c1-6-8(2)9(3)7-10(4)12(14)11(5)13/h6,8-9,13H,1,7,14H2,2-5H3/b12-10-,13-11?. The van der Waals surface area contributed by atoms with E-state index in [-0.39, 0.29) is 0 Å². The van der Waals surface area contributed by atoms with Crippen molar-refractivity contribution in [2.75, 3.05) is 0 Å². The van der Waals surface area contributed by atoms with Crippen LogP contribution in [0.5, 0.6) is 0 Å². The van der Waals surface area contributed by atoms with Crippen LogP contribution < -0.4 is 5.73 Å². The lowest BCUT2D eigenvalue weighted by atomic mass is 9.89. The number of allylic oxidation sites excluding steroid dienone is 3. The molecule has 0 saturated carbocycles. The van der Waals surface area contributed by atoms with Gasteiger partial charge < -0.3 is 11.1 Å². The highest BCUT2D eigenvalue weighted by atomic mass is 14.6. The largest absolute Gasteiger partial charge is 0.397 e. The van der Waals surface area contributed by atoms with Gasteiger partial charge in [-0.2, -0.15) is 0 Å². The molecule has 0 aromatic rings. The lowest BCUT2D eigenvalue weighted by molar-refractivity contribution is 0.456. The molecule has 0 aliphatic rings. The molecule has 3 N–H and O–H groups in total. The second-order valence-electron chi connectivity index (χ2n) is 4.10. The molecule has 14 heavy (non-hydrogen) atoms. The first kappa shape index (κ1) is 12.9. The lowest BCUT2D eigenvalue weighted by Crippen LogP contribution is -2.13. The third-order valence-corrected chi connectivity index (χ3v) is 2.76. The van der Waals surface area contributed by atoms with E-state index in [4.69, 9.17) is 11.1 Å². The van der Waals surface area contributed by atoms with Crippen molar-refractivity contribution >= 4 is 5.71 Å². The maximum atomic E-state index is 7.42. The van der Waals surface area contributed by atoms with Crippen LogP contribution in [-0.2, 0) is 0 Å². The predicted octanol–water partition coefficient (Wildman–Crippen LogP) is 3.11. The van der Waals surface area contributed by atoms with Gasteiger partial charge in [-0.1, -0.05) is 19.9 Å². The molecule has 0 spiro atoms. The summed E-state index contributed by atoms with van der Waals surface area (Å²) < 4.78 is 0. The van der Waals surface area contributed by atoms with E-state index in [1.807, 2.05) is 13.0 Å². The van der Waals surface area contributed by atoms with Crippen molar-refractivity contribution < 1.29 is 0 Å². The van der Waals surface area contributed by atoms with E-state index in [0.29, 0.717) is 23.2 Å². The molecule has 0 fully saturated rings. The highest BCUT2D eigenvalue weighted by molar-refractivity contribution is 5.95. The van der Waals surface area contributed by atoms with Crippen LogP contribution in [0.15, 0.2) is 23.9 Å². The zero-order valence-electron chi connectivity index (χ0n) is 9.72. The van der Waals surface area contributed by atoms with Crippen molar-refractivity contribution in [3.63, 3.8) is 0 Å². The molecular formula is C12H22N2. The first-order valence-corrected chi connectivity index (χ1v) is 5.03. The number of hydrogen-bond donors (Lipinski definition) is 2. The molecule has 80 valence electrons. The fourth-order valence-electron chi connectivity index (χ4n) is 1.33. The van der Waals surface area contributed by atoms with Gasteiger partial charge in [-0.15, -0.1) is 6.58 Å². The fraction of sp³-hybridized carbons (Fsp3) is 0.583. The maximum absolute atomic E-state index is 7.42. The molecule has 0 heterocycles. The minimum atomic E-state index is 0.459. The molecule has 0 aromatic carbocycles.